The first-order valence-electron chi connectivity index (χ1n) is 12.3. The Kier molecular flexibility index (Phi) is 10.9. The second-order valence-electron chi connectivity index (χ2n) is 9.11. The smallest absolute Gasteiger partial charge is 0.242 e. The summed E-state index contributed by atoms with van der Waals surface area (Å²) in [6, 6.07) is 15.9. The molecule has 1 N–H and O–H groups in total. The maximum Gasteiger partial charge on any atom is 0.242 e. The van der Waals surface area contributed by atoms with Gasteiger partial charge in [-0.2, -0.15) is 0 Å². The van der Waals surface area contributed by atoms with E-state index in [1.165, 1.54) is 11.9 Å². The molecular formula is C28H29Cl2F2N3O4S. The number of nitrogens with one attached hydrogen (secondary N) is 1. The van der Waals surface area contributed by atoms with Gasteiger partial charge in [0.05, 0.1) is 11.9 Å². The third-order valence-corrected chi connectivity index (χ3v) is 8.00. The van der Waals surface area contributed by atoms with Gasteiger partial charge in [0.25, 0.3) is 0 Å². The highest BCUT2D eigenvalue weighted by molar-refractivity contribution is 7.92. The van der Waals surface area contributed by atoms with Gasteiger partial charge in [-0.3, -0.25) is 13.9 Å². The highest BCUT2D eigenvalue weighted by Gasteiger charge is 2.30. The van der Waals surface area contributed by atoms with Gasteiger partial charge in [-0.15, -0.1) is 0 Å². The Bertz CT molecular complexity index is 1460. The molecule has 0 saturated carbocycles. The summed E-state index contributed by atoms with van der Waals surface area (Å²) < 4.78 is 53.0. The SMILES string of the molecule is CNC(=O)[C@@H](Cc1ccccc1)N(Cc1ccc(Cl)cc1Cl)C(=O)CCCN(c1ccc(F)c(F)c1)S(C)(=O)=O. The molecule has 0 aliphatic heterocycles. The van der Waals surface area contributed by atoms with Crippen LogP contribution in [0.1, 0.15) is 24.0 Å². The van der Waals surface area contributed by atoms with E-state index in [0.717, 1.165) is 34.3 Å². The van der Waals surface area contributed by atoms with Crippen LogP contribution in [0.15, 0.2) is 66.7 Å². The first-order chi connectivity index (χ1) is 18.9. The normalized spacial score (nSPS) is 12.1. The number of nitrogens with zero attached hydrogens (tertiary/aromatic N) is 2. The van der Waals surface area contributed by atoms with Crippen molar-refractivity contribution in [3.8, 4) is 0 Å². The number of carbonyl (C=O) groups is 2. The molecule has 0 heterocycles. The van der Waals surface area contributed by atoms with Gasteiger partial charge in [0, 0.05) is 49.1 Å². The van der Waals surface area contributed by atoms with Crippen LogP contribution in [-0.4, -0.2) is 51.0 Å². The maximum absolute atomic E-state index is 13.8. The summed E-state index contributed by atoms with van der Waals surface area (Å²) in [4.78, 5) is 28.1. The molecule has 0 aliphatic carbocycles. The van der Waals surface area contributed by atoms with Crippen molar-refractivity contribution >= 4 is 50.7 Å². The highest BCUT2D eigenvalue weighted by Crippen LogP contribution is 2.25. The van der Waals surface area contributed by atoms with Crippen molar-refractivity contribution in [3.63, 3.8) is 0 Å². The molecule has 0 radical (unpaired) electrons. The summed E-state index contributed by atoms with van der Waals surface area (Å²) in [5.41, 5.74) is 1.34. The second kappa shape index (κ2) is 13.9. The van der Waals surface area contributed by atoms with Gasteiger partial charge in [0.2, 0.25) is 21.8 Å². The minimum Gasteiger partial charge on any atom is -0.357 e. The zero-order chi connectivity index (χ0) is 29.4. The van der Waals surface area contributed by atoms with Gasteiger partial charge in [0.1, 0.15) is 6.04 Å². The lowest BCUT2D eigenvalue weighted by Crippen LogP contribution is -2.49. The molecule has 214 valence electrons. The minimum atomic E-state index is -3.87. The summed E-state index contributed by atoms with van der Waals surface area (Å²) >= 11 is 12.4. The number of carbonyl (C=O) groups excluding carboxylic acids is 2. The van der Waals surface area contributed by atoms with Crippen LogP contribution in [0.2, 0.25) is 10.0 Å². The van der Waals surface area contributed by atoms with Gasteiger partial charge in [-0.25, -0.2) is 17.2 Å². The van der Waals surface area contributed by atoms with E-state index in [2.05, 4.69) is 5.32 Å². The molecule has 0 unspecified atom stereocenters. The molecule has 0 spiro atoms. The molecular weight excluding hydrogens is 583 g/mol. The van der Waals surface area contributed by atoms with Crippen molar-refractivity contribution in [1.82, 2.24) is 10.2 Å². The van der Waals surface area contributed by atoms with E-state index >= 15 is 0 Å². The van der Waals surface area contributed by atoms with Crippen LogP contribution in [0.25, 0.3) is 0 Å². The zero-order valence-electron chi connectivity index (χ0n) is 21.9. The topological polar surface area (TPSA) is 86.8 Å². The Hall–Kier alpha value is -3.21. The fourth-order valence-electron chi connectivity index (χ4n) is 4.20. The molecule has 7 nitrogen and oxygen atoms in total. The van der Waals surface area contributed by atoms with E-state index in [1.54, 1.807) is 18.2 Å². The standard InChI is InChI=1S/C28H29Cl2F2N3O4S/c1-33-28(37)26(15-19-7-4-3-5-8-19)34(18-20-10-11-21(29)16-23(20)30)27(36)9-6-14-35(40(2,38)39)22-12-13-24(31)25(32)17-22/h3-5,7-8,10-13,16-17,26H,6,9,14-15,18H2,1-2H3,(H,33,37)/t26-/m1/s1. The van der Waals surface area contributed by atoms with Crippen molar-refractivity contribution < 1.29 is 26.8 Å². The molecule has 0 saturated heterocycles. The number of amides is 2. The van der Waals surface area contributed by atoms with Gasteiger partial charge in [-0.05, 0) is 41.8 Å². The summed E-state index contributed by atoms with van der Waals surface area (Å²) in [5.74, 6) is -3.11. The van der Waals surface area contributed by atoms with E-state index in [9.17, 15) is 26.8 Å². The Morgan fingerprint density at radius 2 is 1.68 bits per heavy atom. The second-order valence-corrected chi connectivity index (χ2v) is 11.9. The first-order valence-corrected chi connectivity index (χ1v) is 14.9. The van der Waals surface area contributed by atoms with E-state index in [1.807, 2.05) is 30.3 Å². The molecule has 3 aromatic rings. The monoisotopic (exact) mass is 611 g/mol. The highest BCUT2D eigenvalue weighted by atomic mass is 35.5. The van der Waals surface area contributed by atoms with Crippen molar-refractivity contribution in [1.29, 1.82) is 0 Å². The number of rotatable bonds is 12. The van der Waals surface area contributed by atoms with E-state index < -0.39 is 33.6 Å². The summed E-state index contributed by atoms with van der Waals surface area (Å²) in [5, 5.41) is 3.35. The van der Waals surface area contributed by atoms with Crippen LogP contribution in [0.5, 0.6) is 0 Å². The lowest BCUT2D eigenvalue weighted by Gasteiger charge is -2.32. The first kappa shape index (κ1) is 31.3. The van der Waals surface area contributed by atoms with Crippen LogP contribution < -0.4 is 9.62 Å². The summed E-state index contributed by atoms with van der Waals surface area (Å²) in [7, 11) is -2.40. The van der Waals surface area contributed by atoms with Crippen LogP contribution in [-0.2, 0) is 32.6 Å². The quantitative estimate of drug-likeness (QED) is 0.305. The van der Waals surface area contributed by atoms with Crippen LogP contribution >= 0.6 is 23.2 Å². The number of sulfonamides is 1. The third kappa shape index (κ3) is 8.39. The van der Waals surface area contributed by atoms with E-state index in [-0.39, 0.29) is 43.9 Å². The molecule has 2 amide bonds. The number of hydrogen-bond acceptors (Lipinski definition) is 4. The number of anilines is 1. The lowest BCUT2D eigenvalue weighted by molar-refractivity contribution is -0.141. The van der Waals surface area contributed by atoms with Crippen LogP contribution in [0, 0.1) is 11.6 Å². The maximum atomic E-state index is 13.8. The Labute approximate surface area is 242 Å². The average Bonchev–Trinajstić information content (AvgIpc) is 2.90. The van der Waals surface area contributed by atoms with Gasteiger partial charge >= 0.3 is 0 Å². The molecule has 0 aromatic heterocycles. The molecule has 1 atom stereocenters. The summed E-state index contributed by atoms with van der Waals surface area (Å²) in [6.07, 6.45) is 1.07. The number of hydrogen-bond donors (Lipinski definition) is 1. The minimum absolute atomic E-state index is 0.00127. The molecule has 40 heavy (non-hydrogen) atoms. The lowest BCUT2D eigenvalue weighted by atomic mass is 10.0. The third-order valence-electron chi connectivity index (χ3n) is 6.22. The molecule has 3 aromatic carbocycles. The number of likely N-dealkylation sites (N-methyl/N-ethyl adjacent to an activating group) is 1. The fourth-order valence-corrected chi connectivity index (χ4v) is 5.62. The van der Waals surface area contributed by atoms with E-state index in [0.29, 0.717) is 15.6 Å². The van der Waals surface area contributed by atoms with Gasteiger partial charge < -0.3 is 10.2 Å². The predicted molar refractivity (Wildman–Crippen MR) is 153 cm³/mol. The Morgan fingerprint density at radius 1 is 0.975 bits per heavy atom. The Morgan fingerprint density at radius 3 is 2.27 bits per heavy atom. The number of benzene rings is 3. The Balaban J connectivity index is 1.88. The summed E-state index contributed by atoms with van der Waals surface area (Å²) in [6.45, 7) is -0.173. The average molecular weight is 613 g/mol. The number of halogens is 4. The zero-order valence-corrected chi connectivity index (χ0v) is 24.2. The van der Waals surface area contributed by atoms with Crippen molar-refractivity contribution in [2.45, 2.75) is 31.8 Å². The molecule has 0 aliphatic rings. The largest absolute Gasteiger partial charge is 0.357 e. The van der Waals surface area contributed by atoms with Crippen LogP contribution in [0.4, 0.5) is 14.5 Å². The van der Waals surface area contributed by atoms with Crippen molar-refractivity contribution in [2.75, 3.05) is 24.2 Å². The fraction of sp³-hybridized carbons (Fsp3) is 0.286. The predicted octanol–water partition coefficient (Wildman–Crippen LogP) is 5.20. The van der Waals surface area contributed by atoms with Crippen LogP contribution in [0.3, 0.4) is 0 Å². The molecule has 3 rings (SSSR count). The van der Waals surface area contributed by atoms with E-state index in [4.69, 9.17) is 23.2 Å². The van der Waals surface area contributed by atoms with Crippen molar-refractivity contribution in [3.05, 3.63) is 99.5 Å². The molecule has 12 heteroatoms. The van der Waals surface area contributed by atoms with Gasteiger partial charge in [-0.1, -0.05) is 59.6 Å². The van der Waals surface area contributed by atoms with Crippen molar-refractivity contribution in [2.24, 2.45) is 0 Å². The molecule has 0 fully saturated rings. The van der Waals surface area contributed by atoms with Gasteiger partial charge in [0.15, 0.2) is 11.6 Å². The molecule has 0 bridgehead atoms.